The Labute approximate surface area is 194 Å². The van der Waals surface area contributed by atoms with E-state index in [1.807, 2.05) is 25.1 Å². The average molecular weight is 503 g/mol. The number of hydrogen-bond donors (Lipinski definition) is 2. The molecule has 0 unspecified atom stereocenters. The van der Waals surface area contributed by atoms with Crippen LogP contribution in [0.2, 0.25) is 0 Å². The topological polar surface area (TPSA) is 66.9 Å². The van der Waals surface area contributed by atoms with Crippen LogP contribution in [0.25, 0.3) is 11.3 Å². The first-order chi connectivity index (χ1) is 15.4. The zero-order valence-electron chi connectivity index (χ0n) is 18.0. The summed E-state index contributed by atoms with van der Waals surface area (Å²) in [5.74, 6) is -0.701. The van der Waals surface area contributed by atoms with Gasteiger partial charge in [0.15, 0.2) is 0 Å². The molecule has 0 spiro atoms. The van der Waals surface area contributed by atoms with E-state index in [-0.39, 0.29) is 17.9 Å². The van der Waals surface area contributed by atoms with Gasteiger partial charge in [0.05, 0.1) is 5.69 Å². The molecular weight excluding hydrogens is 478 g/mol. The Morgan fingerprint density at radius 1 is 1.03 bits per heavy atom. The van der Waals surface area contributed by atoms with E-state index in [0.717, 1.165) is 24.0 Å². The minimum Gasteiger partial charge on any atom is -0.370 e. The van der Waals surface area contributed by atoms with E-state index in [4.69, 9.17) is 0 Å². The molecule has 0 radical (unpaired) electrons. The lowest BCUT2D eigenvalue weighted by Gasteiger charge is -2.12. The standard InChI is InChI=1S/C24H25BrF2N4O/c1-3-5-15-10-16(6-7-18(15)24(32)28-4-2)22-13-23(31-14-30-22)29-9-8-19-20(26)11-17(25)12-21(19)27/h6-7,10-14H,3-5,8-9H2,1-2H3,(H,28,32)(H,29,30,31). The monoisotopic (exact) mass is 502 g/mol. The molecular formula is C24H25BrF2N4O. The van der Waals surface area contributed by atoms with Crippen molar-refractivity contribution in [3.8, 4) is 11.3 Å². The fourth-order valence-electron chi connectivity index (χ4n) is 3.44. The summed E-state index contributed by atoms with van der Waals surface area (Å²) in [6, 6.07) is 9.94. The molecule has 0 bridgehead atoms. The predicted octanol–water partition coefficient (Wildman–Crippen LogP) is 5.54. The molecule has 0 aliphatic carbocycles. The van der Waals surface area contributed by atoms with Crippen LogP contribution in [0.4, 0.5) is 14.6 Å². The number of aromatic nitrogens is 2. The normalized spacial score (nSPS) is 10.8. The average Bonchev–Trinajstić information content (AvgIpc) is 2.76. The number of nitrogens with one attached hydrogen (secondary N) is 2. The van der Waals surface area contributed by atoms with Crippen molar-refractivity contribution in [3.63, 3.8) is 0 Å². The zero-order valence-corrected chi connectivity index (χ0v) is 19.6. The molecule has 8 heteroatoms. The van der Waals surface area contributed by atoms with E-state index < -0.39 is 11.6 Å². The summed E-state index contributed by atoms with van der Waals surface area (Å²) in [6.07, 6.45) is 3.30. The van der Waals surface area contributed by atoms with E-state index in [0.29, 0.717) is 34.6 Å². The number of hydrogen-bond acceptors (Lipinski definition) is 4. The third-order valence-corrected chi connectivity index (χ3v) is 5.41. The summed E-state index contributed by atoms with van der Waals surface area (Å²) >= 11 is 3.08. The second-order valence-electron chi connectivity index (χ2n) is 7.29. The van der Waals surface area contributed by atoms with Gasteiger partial charge < -0.3 is 10.6 Å². The Morgan fingerprint density at radius 3 is 2.47 bits per heavy atom. The predicted molar refractivity (Wildman–Crippen MR) is 126 cm³/mol. The number of benzene rings is 2. The second-order valence-corrected chi connectivity index (χ2v) is 8.21. The molecule has 1 amide bonds. The lowest BCUT2D eigenvalue weighted by Crippen LogP contribution is -2.24. The maximum atomic E-state index is 14.0. The first kappa shape index (κ1) is 23.8. The Kier molecular flexibility index (Phi) is 8.27. The van der Waals surface area contributed by atoms with Gasteiger partial charge in [0, 0.05) is 40.3 Å². The largest absolute Gasteiger partial charge is 0.370 e. The van der Waals surface area contributed by atoms with E-state index in [1.54, 1.807) is 6.07 Å². The number of carbonyl (C=O) groups excluding carboxylic acids is 1. The Morgan fingerprint density at radius 2 is 1.78 bits per heavy atom. The van der Waals surface area contributed by atoms with Gasteiger partial charge in [0.2, 0.25) is 0 Å². The lowest BCUT2D eigenvalue weighted by atomic mass is 9.98. The Bertz CT molecular complexity index is 1080. The molecule has 0 fully saturated rings. The van der Waals surface area contributed by atoms with Crippen LogP contribution in [-0.4, -0.2) is 29.0 Å². The van der Waals surface area contributed by atoms with Gasteiger partial charge in [-0.1, -0.05) is 35.3 Å². The summed E-state index contributed by atoms with van der Waals surface area (Å²) in [7, 11) is 0. The summed E-state index contributed by atoms with van der Waals surface area (Å²) in [4.78, 5) is 20.9. The van der Waals surface area contributed by atoms with Crippen molar-refractivity contribution in [1.29, 1.82) is 0 Å². The third kappa shape index (κ3) is 5.88. The van der Waals surface area contributed by atoms with Gasteiger partial charge in [-0.25, -0.2) is 18.7 Å². The number of anilines is 1. The number of aryl methyl sites for hydroxylation is 1. The lowest BCUT2D eigenvalue weighted by molar-refractivity contribution is 0.0955. The van der Waals surface area contributed by atoms with Crippen LogP contribution in [0.15, 0.2) is 47.2 Å². The minimum atomic E-state index is -0.585. The smallest absolute Gasteiger partial charge is 0.251 e. The SMILES string of the molecule is CCCc1cc(-c2cc(NCCc3c(F)cc(Br)cc3F)ncn2)ccc1C(=O)NCC. The number of rotatable bonds is 9. The van der Waals surface area contributed by atoms with Crippen molar-refractivity contribution < 1.29 is 13.6 Å². The van der Waals surface area contributed by atoms with Crippen molar-refractivity contribution >= 4 is 27.7 Å². The third-order valence-electron chi connectivity index (χ3n) is 4.96. The highest BCUT2D eigenvalue weighted by Gasteiger charge is 2.13. The van der Waals surface area contributed by atoms with Gasteiger partial charge in [-0.15, -0.1) is 0 Å². The fourth-order valence-corrected chi connectivity index (χ4v) is 3.85. The van der Waals surface area contributed by atoms with Crippen LogP contribution < -0.4 is 10.6 Å². The Hall–Kier alpha value is -2.87. The fraction of sp³-hybridized carbons (Fsp3) is 0.292. The number of nitrogens with zero attached hydrogens (tertiary/aromatic N) is 2. The van der Waals surface area contributed by atoms with Crippen LogP contribution >= 0.6 is 15.9 Å². The minimum absolute atomic E-state index is 0.0279. The van der Waals surface area contributed by atoms with Gasteiger partial charge in [-0.2, -0.15) is 0 Å². The Balaban J connectivity index is 1.76. The van der Waals surface area contributed by atoms with Crippen molar-refractivity contribution in [3.05, 3.63) is 75.5 Å². The molecule has 0 aliphatic rings. The summed E-state index contributed by atoms with van der Waals surface area (Å²) in [5.41, 5.74) is 3.23. The molecule has 0 atom stereocenters. The van der Waals surface area contributed by atoms with E-state index in [1.165, 1.54) is 18.5 Å². The molecule has 0 aliphatic heterocycles. The first-order valence-corrected chi connectivity index (χ1v) is 11.3. The summed E-state index contributed by atoms with van der Waals surface area (Å²) in [5, 5.41) is 5.94. The molecule has 2 N–H and O–H groups in total. The first-order valence-electron chi connectivity index (χ1n) is 10.5. The van der Waals surface area contributed by atoms with Crippen molar-refractivity contribution in [2.24, 2.45) is 0 Å². The van der Waals surface area contributed by atoms with Crippen LogP contribution in [0.5, 0.6) is 0 Å². The van der Waals surface area contributed by atoms with Gasteiger partial charge in [-0.3, -0.25) is 4.79 Å². The van der Waals surface area contributed by atoms with E-state index in [2.05, 4.69) is 43.5 Å². The molecule has 3 aromatic rings. The molecule has 0 saturated heterocycles. The van der Waals surface area contributed by atoms with E-state index >= 15 is 0 Å². The van der Waals surface area contributed by atoms with Crippen LogP contribution in [0, 0.1) is 11.6 Å². The van der Waals surface area contributed by atoms with Crippen LogP contribution in [0.3, 0.4) is 0 Å². The van der Waals surface area contributed by atoms with Gasteiger partial charge in [0.25, 0.3) is 5.91 Å². The van der Waals surface area contributed by atoms with Gasteiger partial charge in [0.1, 0.15) is 23.8 Å². The highest BCUT2D eigenvalue weighted by Crippen LogP contribution is 2.24. The molecule has 3 rings (SSSR count). The molecule has 32 heavy (non-hydrogen) atoms. The second kappa shape index (κ2) is 11.1. The number of halogens is 3. The molecule has 2 aromatic carbocycles. The van der Waals surface area contributed by atoms with Crippen molar-refractivity contribution in [2.45, 2.75) is 33.1 Å². The molecule has 168 valence electrons. The maximum absolute atomic E-state index is 14.0. The van der Waals surface area contributed by atoms with Crippen LogP contribution in [-0.2, 0) is 12.8 Å². The summed E-state index contributed by atoms with van der Waals surface area (Å²) < 4.78 is 28.4. The zero-order chi connectivity index (χ0) is 23.1. The van der Waals surface area contributed by atoms with Crippen LogP contribution in [0.1, 0.15) is 41.8 Å². The number of carbonyl (C=O) groups is 1. The van der Waals surface area contributed by atoms with Crippen molar-refractivity contribution in [1.82, 2.24) is 15.3 Å². The summed E-state index contributed by atoms with van der Waals surface area (Å²) in [6.45, 7) is 4.84. The highest BCUT2D eigenvalue weighted by atomic mass is 79.9. The highest BCUT2D eigenvalue weighted by molar-refractivity contribution is 9.10. The quantitative estimate of drug-likeness (QED) is 0.403. The molecule has 0 saturated carbocycles. The van der Waals surface area contributed by atoms with Crippen molar-refractivity contribution in [2.75, 3.05) is 18.4 Å². The molecule has 1 heterocycles. The van der Waals surface area contributed by atoms with Gasteiger partial charge >= 0.3 is 0 Å². The number of amides is 1. The molecule has 1 aromatic heterocycles. The molecule has 5 nitrogen and oxygen atoms in total. The van der Waals surface area contributed by atoms with E-state index in [9.17, 15) is 13.6 Å². The van der Waals surface area contributed by atoms with Gasteiger partial charge in [-0.05, 0) is 49.6 Å². The maximum Gasteiger partial charge on any atom is 0.251 e.